The second-order valence-corrected chi connectivity index (χ2v) is 3.80. The molecule has 0 saturated carbocycles. The van der Waals surface area contributed by atoms with Crippen molar-refractivity contribution in [3.63, 3.8) is 0 Å². The van der Waals surface area contributed by atoms with Gasteiger partial charge in [0.05, 0.1) is 0 Å². The zero-order valence-electron chi connectivity index (χ0n) is 8.33. The number of nitrogens with zero attached hydrogens (tertiary/aromatic N) is 3. The summed E-state index contributed by atoms with van der Waals surface area (Å²) in [7, 11) is 0. The maximum absolute atomic E-state index is 4.17. The normalized spacial score (nSPS) is 15.0. The molecule has 0 saturated heterocycles. The highest BCUT2D eigenvalue weighted by atomic mass is 15.2. The molecule has 14 heavy (non-hydrogen) atoms. The van der Waals surface area contributed by atoms with Gasteiger partial charge >= 0.3 is 0 Å². The number of rotatable bonds is 0. The lowest BCUT2D eigenvalue weighted by molar-refractivity contribution is 0.764. The molecule has 72 valence electrons. The number of hydrogen-bond donors (Lipinski definition) is 1. The third-order valence-corrected chi connectivity index (χ3v) is 3.14. The summed E-state index contributed by atoms with van der Waals surface area (Å²) in [6.07, 6.45) is 1.79. The van der Waals surface area contributed by atoms with Crippen LogP contribution in [0.15, 0.2) is 6.33 Å². The van der Waals surface area contributed by atoms with Crippen LogP contribution in [0.25, 0.3) is 5.65 Å². The molecule has 0 fully saturated rings. The smallest absolute Gasteiger partial charge is 0.165 e. The van der Waals surface area contributed by atoms with Gasteiger partial charge in [-0.1, -0.05) is 0 Å². The number of hydrogen-bond acceptors (Lipinski definition) is 3. The van der Waals surface area contributed by atoms with Crippen LogP contribution in [0.4, 0.5) is 0 Å². The van der Waals surface area contributed by atoms with Gasteiger partial charge in [-0.3, -0.25) is 4.40 Å². The molecular formula is C10H12N4. The molecule has 1 aliphatic heterocycles. The van der Waals surface area contributed by atoms with E-state index < -0.39 is 0 Å². The van der Waals surface area contributed by atoms with Gasteiger partial charge in [-0.05, 0) is 25.0 Å². The largest absolute Gasteiger partial charge is 0.308 e. The van der Waals surface area contributed by atoms with E-state index >= 15 is 0 Å². The molecule has 3 rings (SSSR count). The summed E-state index contributed by atoms with van der Waals surface area (Å²) in [6, 6.07) is 0. The zero-order chi connectivity index (χ0) is 9.71. The van der Waals surface area contributed by atoms with Gasteiger partial charge in [0.25, 0.3) is 0 Å². The topological polar surface area (TPSA) is 42.2 Å². The van der Waals surface area contributed by atoms with E-state index in [9.17, 15) is 0 Å². The van der Waals surface area contributed by atoms with Gasteiger partial charge in [-0.15, -0.1) is 10.2 Å². The fourth-order valence-electron chi connectivity index (χ4n) is 2.18. The molecule has 1 aliphatic rings. The maximum atomic E-state index is 4.17. The highest BCUT2D eigenvalue weighted by molar-refractivity contribution is 5.57. The third kappa shape index (κ3) is 0.812. The first kappa shape index (κ1) is 7.94. The Morgan fingerprint density at radius 2 is 2.07 bits per heavy atom. The first-order chi connectivity index (χ1) is 6.79. The van der Waals surface area contributed by atoms with E-state index in [1.54, 1.807) is 6.33 Å². The molecule has 0 atom stereocenters. The first-order valence-corrected chi connectivity index (χ1v) is 4.80. The van der Waals surface area contributed by atoms with E-state index in [2.05, 4.69) is 33.8 Å². The Morgan fingerprint density at radius 3 is 2.93 bits per heavy atom. The summed E-state index contributed by atoms with van der Waals surface area (Å²) in [6.45, 7) is 6.16. The van der Waals surface area contributed by atoms with Gasteiger partial charge in [-0.2, -0.15) is 0 Å². The predicted octanol–water partition coefficient (Wildman–Crippen LogP) is 0.949. The van der Waals surface area contributed by atoms with Crippen molar-refractivity contribution in [2.45, 2.75) is 26.9 Å². The Balaban J connectivity index is 2.52. The summed E-state index contributed by atoms with van der Waals surface area (Å²) in [5.41, 5.74) is 6.33. The molecule has 1 N–H and O–H groups in total. The Kier molecular flexibility index (Phi) is 1.44. The van der Waals surface area contributed by atoms with Crippen LogP contribution in [0.2, 0.25) is 0 Å². The second kappa shape index (κ2) is 2.54. The van der Waals surface area contributed by atoms with Crippen LogP contribution in [0.3, 0.4) is 0 Å². The van der Waals surface area contributed by atoms with Crippen LogP contribution < -0.4 is 5.32 Å². The van der Waals surface area contributed by atoms with Crippen LogP contribution >= 0.6 is 0 Å². The Labute approximate surface area is 82.0 Å². The van der Waals surface area contributed by atoms with E-state index in [1.165, 1.54) is 22.4 Å². The van der Waals surface area contributed by atoms with Crippen molar-refractivity contribution in [3.8, 4) is 0 Å². The molecule has 2 aromatic rings. The molecule has 0 unspecified atom stereocenters. The third-order valence-electron chi connectivity index (χ3n) is 3.14. The molecule has 0 spiro atoms. The van der Waals surface area contributed by atoms with Gasteiger partial charge < -0.3 is 5.32 Å². The van der Waals surface area contributed by atoms with Crippen molar-refractivity contribution in [3.05, 3.63) is 28.7 Å². The van der Waals surface area contributed by atoms with Gasteiger partial charge in [0.2, 0.25) is 0 Å². The van der Waals surface area contributed by atoms with E-state index in [0.29, 0.717) is 0 Å². The Hall–Kier alpha value is -1.42. The number of aryl methyl sites for hydroxylation is 1. The van der Waals surface area contributed by atoms with E-state index in [4.69, 9.17) is 0 Å². The van der Waals surface area contributed by atoms with Crippen molar-refractivity contribution in [1.29, 1.82) is 0 Å². The summed E-state index contributed by atoms with van der Waals surface area (Å²) >= 11 is 0. The minimum absolute atomic E-state index is 0.915. The molecule has 3 heterocycles. The molecule has 2 aromatic heterocycles. The average molecular weight is 188 g/mol. The number of nitrogens with one attached hydrogen (secondary N) is 1. The molecular weight excluding hydrogens is 176 g/mol. The summed E-state index contributed by atoms with van der Waals surface area (Å²) in [5, 5.41) is 11.5. The minimum atomic E-state index is 0.915. The predicted molar refractivity (Wildman–Crippen MR) is 53.0 cm³/mol. The Morgan fingerprint density at radius 1 is 1.29 bits per heavy atom. The molecule has 0 radical (unpaired) electrons. The molecule has 0 aromatic carbocycles. The van der Waals surface area contributed by atoms with Gasteiger partial charge in [0, 0.05) is 24.3 Å². The van der Waals surface area contributed by atoms with Crippen LogP contribution in [0.5, 0.6) is 0 Å². The number of fused-ring (bicyclic) bond motifs is 3. The van der Waals surface area contributed by atoms with E-state index in [1.807, 2.05) is 0 Å². The van der Waals surface area contributed by atoms with Crippen LogP contribution in [0, 0.1) is 13.8 Å². The molecule has 4 nitrogen and oxygen atoms in total. The lowest BCUT2D eigenvalue weighted by atomic mass is 10.0. The summed E-state index contributed by atoms with van der Waals surface area (Å²) < 4.78 is 2.07. The number of pyridine rings is 1. The standard InChI is InChI=1S/C10H12N4/c1-6-7(2)14-5-12-13-10(14)9-4-11-3-8(6)9/h5,11H,3-4H2,1-2H3. The van der Waals surface area contributed by atoms with Crippen molar-refractivity contribution < 1.29 is 0 Å². The van der Waals surface area contributed by atoms with Crippen molar-refractivity contribution in [1.82, 2.24) is 19.9 Å². The number of aromatic nitrogens is 3. The van der Waals surface area contributed by atoms with Gasteiger partial charge in [-0.25, -0.2) is 0 Å². The fraction of sp³-hybridized carbons (Fsp3) is 0.400. The van der Waals surface area contributed by atoms with Crippen LogP contribution in [0.1, 0.15) is 22.4 Å². The molecule has 0 aliphatic carbocycles. The zero-order valence-corrected chi connectivity index (χ0v) is 8.33. The van der Waals surface area contributed by atoms with Crippen LogP contribution in [-0.4, -0.2) is 14.6 Å². The quantitative estimate of drug-likeness (QED) is 0.669. The first-order valence-electron chi connectivity index (χ1n) is 4.80. The Bertz CT molecular complexity index is 512. The minimum Gasteiger partial charge on any atom is -0.308 e. The highest BCUT2D eigenvalue weighted by Crippen LogP contribution is 2.25. The summed E-state index contributed by atoms with van der Waals surface area (Å²) in [4.78, 5) is 0. The second-order valence-electron chi connectivity index (χ2n) is 3.80. The lowest BCUT2D eigenvalue weighted by Gasteiger charge is -2.09. The average Bonchev–Trinajstić information content (AvgIpc) is 2.80. The highest BCUT2D eigenvalue weighted by Gasteiger charge is 2.19. The molecule has 0 amide bonds. The monoisotopic (exact) mass is 188 g/mol. The van der Waals surface area contributed by atoms with E-state index in [-0.39, 0.29) is 0 Å². The van der Waals surface area contributed by atoms with Crippen molar-refractivity contribution in [2.24, 2.45) is 0 Å². The van der Waals surface area contributed by atoms with Gasteiger partial charge in [0.15, 0.2) is 5.65 Å². The molecule has 0 bridgehead atoms. The summed E-state index contributed by atoms with van der Waals surface area (Å²) in [5.74, 6) is 0. The van der Waals surface area contributed by atoms with Gasteiger partial charge in [0.1, 0.15) is 6.33 Å². The van der Waals surface area contributed by atoms with Crippen molar-refractivity contribution in [2.75, 3.05) is 0 Å². The SMILES string of the molecule is Cc1c2c(c3nncn3c1C)CNC2. The fourth-order valence-corrected chi connectivity index (χ4v) is 2.18. The van der Waals surface area contributed by atoms with Crippen molar-refractivity contribution >= 4 is 5.65 Å². The molecule has 4 heteroatoms. The maximum Gasteiger partial charge on any atom is 0.165 e. The van der Waals surface area contributed by atoms with Crippen LogP contribution in [-0.2, 0) is 13.1 Å². The van der Waals surface area contributed by atoms with E-state index in [0.717, 1.165) is 18.7 Å². The lowest BCUT2D eigenvalue weighted by Crippen LogP contribution is -2.01.